The molecule has 1 aromatic carbocycles. The summed E-state index contributed by atoms with van der Waals surface area (Å²) >= 11 is 2.94. The number of hydrogen-bond acceptors (Lipinski definition) is 4. The summed E-state index contributed by atoms with van der Waals surface area (Å²) in [6.07, 6.45) is 0. The van der Waals surface area contributed by atoms with Crippen molar-refractivity contribution in [2.24, 2.45) is 7.05 Å². The van der Waals surface area contributed by atoms with Crippen LogP contribution >= 0.6 is 15.9 Å². The highest BCUT2D eigenvalue weighted by molar-refractivity contribution is 9.10. The Bertz CT molecular complexity index is 773. The lowest BCUT2D eigenvalue weighted by molar-refractivity contribution is 0.598. The van der Waals surface area contributed by atoms with Crippen LogP contribution in [0.2, 0.25) is 0 Å². The first-order valence-electron chi connectivity index (χ1n) is 5.48. The molecule has 0 saturated carbocycles. The molecule has 3 N–H and O–H groups in total. The van der Waals surface area contributed by atoms with Gasteiger partial charge >= 0.3 is 0 Å². The number of rotatable bonds is 3. The van der Waals surface area contributed by atoms with Crippen LogP contribution in [0.1, 0.15) is 5.69 Å². The Hall–Kier alpha value is -1.61. The van der Waals surface area contributed by atoms with E-state index in [1.165, 1.54) is 4.68 Å². The Labute approximate surface area is 124 Å². The zero-order valence-electron chi connectivity index (χ0n) is 10.7. The van der Waals surface area contributed by atoms with E-state index >= 15 is 0 Å². The van der Waals surface area contributed by atoms with Crippen molar-refractivity contribution in [1.82, 2.24) is 9.78 Å². The molecule has 108 valence electrons. The number of sulfonamides is 1. The van der Waals surface area contributed by atoms with Crippen molar-refractivity contribution in [3.05, 3.63) is 34.2 Å². The minimum Gasteiger partial charge on any atom is -0.398 e. The Kier molecular flexibility index (Phi) is 3.74. The Morgan fingerprint density at radius 3 is 2.60 bits per heavy atom. The predicted molar refractivity (Wildman–Crippen MR) is 77.3 cm³/mol. The minimum absolute atomic E-state index is 0.0215. The van der Waals surface area contributed by atoms with Gasteiger partial charge in [0.1, 0.15) is 16.5 Å². The van der Waals surface area contributed by atoms with Crippen molar-refractivity contribution < 1.29 is 12.8 Å². The van der Waals surface area contributed by atoms with Crippen LogP contribution in [0.15, 0.2) is 27.6 Å². The van der Waals surface area contributed by atoms with E-state index < -0.39 is 15.8 Å². The smallest absolute Gasteiger partial charge is 0.265 e. The van der Waals surface area contributed by atoms with E-state index in [1.807, 2.05) is 0 Å². The number of nitrogens with two attached hydrogens (primary N) is 1. The second-order valence-electron chi connectivity index (χ2n) is 4.20. The average molecular weight is 363 g/mol. The summed E-state index contributed by atoms with van der Waals surface area (Å²) in [4.78, 5) is -0.204. The molecular weight excluding hydrogens is 351 g/mol. The van der Waals surface area contributed by atoms with Crippen molar-refractivity contribution in [3.8, 4) is 0 Å². The molecule has 20 heavy (non-hydrogen) atoms. The molecule has 2 rings (SSSR count). The fourth-order valence-corrected chi connectivity index (χ4v) is 3.39. The number of anilines is 2. The van der Waals surface area contributed by atoms with Crippen molar-refractivity contribution in [2.75, 3.05) is 10.5 Å². The SMILES string of the molecule is Cc1cc(NS(=O)(=O)c2cc(Br)c(F)cc2N)n(C)n1. The van der Waals surface area contributed by atoms with E-state index in [0.29, 0.717) is 11.5 Å². The summed E-state index contributed by atoms with van der Waals surface area (Å²) in [5.41, 5.74) is 6.07. The highest BCUT2D eigenvalue weighted by Gasteiger charge is 2.21. The first-order valence-corrected chi connectivity index (χ1v) is 7.76. The monoisotopic (exact) mass is 362 g/mol. The zero-order chi connectivity index (χ0) is 15.1. The van der Waals surface area contributed by atoms with Gasteiger partial charge < -0.3 is 5.73 Å². The van der Waals surface area contributed by atoms with Crippen LogP contribution in [-0.4, -0.2) is 18.2 Å². The third kappa shape index (κ3) is 2.78. The fraction of sp³-hybridized carbons (Fsp3) is 0.182. The van der Waals surface area contributed by atoms with Crippen LogP contribution < -0.4 is 10.5 Å². The van der Waals surface area contributed by atoms with Crippen LogP contribution in [0.3, 0.4) is 0 Å². The Morgan fingerprint density at radius 1 is 1.40 bits per heavy atom. The summed E-state index contributed by atoms with van der Waals surface area (Å²) in [7, 11) is -2.32. The number of aromatic nitrogens is 2. The van der Waals surface area contributed by atoms with Crippen LogP contribution in [0.5, 0.6) is 0 Å². The lowest BCUT2D eigenvalue weighted by Gasteiger charge is -2.10. The average Bonchev–Trinajstić information content (AvgIpc) is 2.61. The molecule has 9 heteroatoms. The second kappa shape index (κ2) is 5.06. The van der Waals surface area contributed by atoms with Crippen LogP contribution in [-0.2, 0) is 17.1 Å². The van der Waals surface area contributed by atoms with Gasteiger partial charge in [-0.1, -0.05) is 0 Å². The molecule has 0 fully saturated rings. The minimum atomic E-state index is -3.92. The van der Waals surface area contributed by atoms with Gasteiger partial charge in [0.2, 0.25) is 0 Å². The maximum Gasteiger partial charge on any atom is 0.265 e. The van der Waals surface area contributed by atoms with E-state index in [1.54, 1.807) is 20.0 Å². The molecule has 0 bridgehead atoms. The molecule has 0 atom stereocenters. The maximum atomic E-state index is 13.3. The van der Waals surface area contributed by atoms with Crippen molar-refractivity contribution in [2.45, 2.75) is 11.8 Å². The van der Waals surface area contributed by atoms with Gasteiger partial charge in [-0.2, -0.15) is 5.10 Å². The summed E-state index contributed by atoms with van der Waals surface area (Å²) < 4.78 is 41.6. The van der Waals surface area contributed by atoms with Crippen LogP contribution in [0, 0.1) is 12.7 Å². The number of halogens is 2. The van der Waals surface area contributed by atoms with Crippen molar-refractivity contribution in [1.29, 1.82) is 0 Å². The lowest BCUT2D eigenvalue weighted by atomic mass is 10.3. The molecule has 0 saturated heterocycles. The number of aryl methyl sites for hydroxylation is 2. The summed E-state index contributed by atoms with van der Waals surface area (Å²) in [6.45, 7) is 1.74. The number of benzene rings is 1. The molecule has 0 aliphatic carbocycles. The number of hydrogen-bond donors (Lipinski definition) is 2. The van der Waals surface area contributed by atoms with Crippen LogP contribution in [0.25, 0.3) is 0 Å². The van der Waals surface area contributed by atoms with Gasteiger partial charge in [0.05, 0.1) is 15.9 Å². The normalized spacial score (nSPS) is 11.6. The summed E-state index contributed by atoms with van der Waals surface area (Å²) in [6, 6.07) is 3.65. The Balaban J connectivity index is 2.46. The third-order valence-electron chi connectivity index (χ3n) is 2.58. The molecule has 6 nitrogen and oxygen atoms in total. The maximum absolute atomic E-state index is 13.3. The second-order valence-corrected chi connectivity index (χ2v) is 6.71. The first kappa shape index (κ1) is 14.8. The van der Waals surface area contributed by atoms with E-state index in [-0.39, 0.29) is 15.1 Å². The molecule has 0 amide bonds. The van der Waals surface area contributed by atoms with E-state index in [0.717, 1.165) is 12.1 Å². The van der Waals surface area contributed by atoms with Gasteiger partial charge in [-0.05, 0) is 35.0 Å². The molecule has 2 aromatic rings. The van der Waals surface area contributed by atoms with E-state index in [2.05, 4.69) is 25.8 Å². The highest BCUT2D eigenvalue weighted by atomic mass is 79.9. The molecule has 1 aromatic heterocycles. The van der Waals surface area contributed by atoms with Crippen molar-refractivity contribution >= 4 is 37.5 Å². The predicted octanol–water partition coefficient (Wildman–Crippen LogP) is 2.01. The van der Waals surface area contributed by atoms with Crippen molar-refractivity contribution in [3.63, 3.8) is 0 Å². The number of nitrogens with one attached hydrogen (secondary N) is 1. The number of nitrogens with zero attached hydrogens (tertiary/aromatic N) is 2. The standard InChI is InChI=1S/C11H12BrFN4O2S/c1-6-3-11(17(2)15-6)16-20(18,19)10-4-7(12)8(13)5-9(10)14/h3-5,16H,14H2,1-2H3. The molecule has 1 heterocycles. The van der Waals surface area contributed by atoms with Crippen LogP contribution in [0.4, 0.5) is 15.9 Å². The highest BCUT2D eigenvalue weighted by Crippen LogP contribution is 2.27. The summed E-state index contributed by atoms with van der Waals surface area (Å²) in [5, 5.41) is 4.03. The lowest BCUT2D eigenvalue weighted by Crippen LogP contribution is -2.17. The van der Waals surface area contributed by atoms with E-state index in [9.17, 15) is 12.8 Å². The number of nitrogen functional groups attached to an aromatic ring is 1. The molecule has 0 aliphatic heterocycles. The fourth-order valence-electron chi connectivity index (χ4n) is 1.68. The van der Waals surface area contributed by atoms with Gasteiger partial charge in [0, 0.05) is 13.1 Å². The molecular formula is C11H12BrFN4O2S. The third-order valence-corrected chi connectivity index (χ3v) is 4.60. The topological polar surface area (TPSA) is 90.0 Å². The quantitative estimate of drug-likeness (QED) is 0.817. The van der Waals surface area contributed by atoms with Gasteiger partial charge in [0.25, 0.3) is 10.0 Å². The van der Waals surface area contributed by atoms with Gasteiger partial charge in [-0.15, -0.1) is 0 Å². The molecule has 0 radical (unpaired) electrons. The molecule has 0 unspecified atom stereocenters. The van der Waals surface area contributed by atoms with Gasteiger partial charge in [-0.3, -0.25) is 9.40 Å². The zero-order valence-corrected chi connectivity index (χ0v) is 13.1. The van der Waals surface area contributed by atoms with Gasteiger partial charge in [0.15, 0.2) is 0 Å². The molecule has 0 aliphatic rings. The largest absolute Gasteiger partial charge is 0.398 e. The molecule has 0 spiro atoms. The van der Waals surface area contributed by atoms with Gasteiger partial charge in [-0.25, -0.2) is 12.8 Å². The summed E-state index contributed by atoms with van der Waals surface area (Å²) in [5.74, 6) is -0.333. The van der Waals surface area contributed by atoms with E-state index in [4.69, 9.17) is 5.73 Å². The Morgan fingerprint density at radius 2 is 2.05 bits per heavy atom. The first-order chi connectivity index (χ1) is 9.20.